The number of aromatic nitrogens is 2. The van der Waals surface area contributed by atoms with E-state index in [1.54, 1.807) is 18.3 Å². The maximum Gasteiger partial charge on any atom is 0.123 e. The van der Waals surface area contributed by atoms with Crippen LogP contribution in [0.5, 0.6) is 0 Å². The molecule has 2 aromatic carbocycles. The highest BCUT2D eigenvalue weighted by atomic mass is 19.1. The summed E-state index contributed by atoms with van der Waals surface area (Å²) >= 11 is 0. The molecule has 0 fully saturated rings. The standard InChI is InChI=1S/C16H13FN2/c17-15-8-6-14(7-9-15)16-10-11-18-19(16)12-13-4-2-1-3-5-13/h1-11H,12H2. The molecule has 2 nitrogen and oxygen atoms in total. The number of benzene rings is 2. The molecule has 0 saturated heterocycles. The summed E-state index contributed by atoms with van der Waals surface area (Å²) in [6.45, 7) is 0.709. The van der Waals surface area contributed by atoms with Gasteiger partial charge in [0.15, 0.2) is 0 Å². The second-order valence-corrected chi connectivity index (χ2v) is 4.37. The van der Waals surface area contributed by atoms with E-state index in [2.05, 4.69) is 17.2 Å². The van der Waals surface area contributed by atoms with E-state index in [9.17, 15) is 4.39 Å². The summed E-state index contributed by atoms with van der Waals surface area (Å²) in [7, 11) is 0. The second-order valence-electron chi connectivity index (χ2n) is 4.37. The summed E-state index contributed by atoms with van der Waals surface area (Å²) in [6, 6.07) is 18.6. The van der Waals surface area contributed by atoms with Crippen LogP contribution in [0.2, 0.25) is 0 Å². The van der Waals surface area contributed by atoms with Gasteiger partial charge in [-0.25, -0.2) is 4.39 Å². The van der Waals surface area contributed by atoms with Gasteiger partial charge < -0.3 is 0 Å². The molecule has 19 heavy (non-hydrogen) atoms. The molecule has 0 saturated carbocycles. The Morgan fingerprint density at radius 3 is 2.37 bits per heavy atom. The Morgan fingerprint density at radius 2 is 1.63 bits per heavy atom. The van der Waals surface area contributed by atoms with E-state index in [0.29, 0.717) is 6.54 Å². The van der Waals surface area contributed by atoms with E-state index in [1.165, 1.54) is 17.7 Å². The van der Waals surface area contributed by atoms with Gasteiger partial charge in [0.25, 0.3) is 0 Å². The van der Waals surface area contributed by atoms with Crippen LogP contribution in [0.4, 0.5) is 4.39 Å². The van der Waals surface area contributed by atoms with Crippen LogP contribution in [0.15, 0.2) is 66.9 Å². The van der Waals surface area contributed by atoms with Crippen LogP contribution in [-0.2, 0) is 6.54 Å². The molecule has 0 aliphatic heterocycles. The molecule has 0 spiro atoms. The quantitative estimate of drug-likeness (QED) is 0.694. The van der Waals surface area contributed by atoms with Crippen LogP contribution in [0.25, 0.3) is 11.3 Å². The van der Waals surface area contributed by atoms with Gasteiger partial charge in [0.1, 0.15) is 5.82 Å². The highest BCUT2D eigenvalue weighted by Gasteiger charge is 2.06. The highest BCUT2D eigenvalue weighted by Crippen LogP contribution is 2.20. The predicted octanol–water partition coefficient (Wildman–Crippen LogP) is 3.74. The minimum atomic E-state index is -0.224. The summed E-state index contributed by atoms with van der Waals surface area (Å²) in [5, 5.41) is 4.33. The lowest BCUT2D eigenvalue weighted by Crippen LogP contribution is -2.03. The zero-order valence-corrected chi connectivity index (χ0v) is 10.3. The Hall–Kier alpha value is -2.42. The molecular weight excluding hydrogens is 239 g/mol. The monoisotopic (exact) mass is 252 g/mol. The SMILES string of the molecule is Fc1ccc(-c2ccnn2Cc2ccccc2)cc1. The number of hydrogen-bond donors (Lipinski definition) is 0. The topological polar surface area (TPSA) is 17.8 Å². The van der Waals surface area contributed by atoms with Crippen LogP contribution in [0, 0.1) is 5.82 Å². The third-order valence-corrected chi connectivity index (χ3v) is 3.03. The van der Waals surface area contributed by atoms with Crippen molar-refractivity contribution in [2.75, 3.05) is 0 Å². The van der Waals surface area contributed by atoms with Crippen molar-refractivity contribution in [1.29, 1.82) is 0 Å². The number of halogens is 1. The van der Waals surface area contributed by atoms with Crippen molar-refractivity contribution in [3.05, 3.63) is 78.2 Å². The molecule has 3 aromatic rings. The third-order valence-electron chi connectivity index (χ3n) is 3.03. The van der Waals surface area contributed by atoms with Gasteiger partial charge in [0, 0.05) is 6.20 Å². The summed E-state index contributed by atoms with van der Waals surface area (Å²) in [4.78, 5) is 0. The zero-order chi connectivity index (χ0) is 13.1. The van der Waals surface area contributed by atoms with Crippen molar-refractivity contribution >= 4 is 0 Å². The number of hydrogen-bond acceptors (Lipinski definition) is 1. The average Bonchev–Trinajstić information content (AvgIpc) is 2.89. The van der Waals surface area contributed by atoms with E-state index in [1.807, 2.05) is 28.9 Å². The van der Waals surface area contributed by atoms with Crippen molar-refractivity contribution in [2.45, 2.75) is 6.54 Å². The van der Waals surface area contributed by atoms with Gasteiger partial charge in [-0.1, -0.05) is 30.3 Å². The third kappa shape index (κ3) is 2.55. The molecular formula is C16H13FN2. The molecule has 94 valence electrons. The first-order valence-electron chi connectivity index (χ1n) is 6.14. The lowest BCUT2D eigenvalue weighted by Gasteiger charge is -2.07. The van der Waals surface area contributed by atoms with Crippen LogP contribution in [0.1, 0.15) is 5.56 Å². The molecule has 3 heteroatoms. The van der Waals surface area contributed by atoms with E-state index < -0.39 is 0 Å². The normalized spacial score (nSPS) is 10.6. The molecule has 0 atom stereocenters. The Morgan fingerprint density at radius 1 is 0.895 bits per heavy atom. The van der Waals surface area contributed by atoms with Gasteiger partial charge in [-0.15, -0.1) is 0 Å². The van der Waals surface area contributed by atoms with E-state index in [-0.39, 0.29) is 5.82 Å². The molecule has 0 radical (unpaired) electrons. The maximum atomic E-state index is 13.0. The van der Waals surface area contributed by atoms with Crippen molar-refractivity contribution in [3.63, 3.8) is 0 Å². The molecule has 1 heterocycles. The Kier molecular flexibility index (Phi) is 3.11. The zero-order valence-electron chi connectivity index (χ0n) is 10.3. The summed E-state index contributed by atoms with van der Waals surface area (Å²) in [5.41, 5.74) is 3.15. The second kappa shape index (κ2) is 5.06. The van der Waals surface area contributed by atoms with Crippen molar-refractivity contribution in [1.82, 2.24) is 9.78 Å². The van der Waals surface area contributed by atoms with Gasteiger partial charge in [0.2, 0.25) is 0 Å². The lowest BCUT2D eigenvalue weighted by atomic mass is 10.1. The first-order valence-corrected chi connectivity index (χ1v) is 6.14. The fourth-order valence-corrected chi connectivity index (χ4v) is 2.08. The highest BCUT2D eigenvalue weighted by molar-refractivity contribution is 5.59. The molecule has 1 aromatic heterocycles. The van der Waals surface area contributed by atoms with Crippen molar-refractivity contribution < 1.29 is 4.39 Å². The Labute approximate surface area is 111 Å². The molecule has 0 unspecified atom stereocenters. The van der Waals surface area contributed by atoms with Crippen molar-refractivity contribution in [3.8, 4) is 11.3 Å². The molecule has 0 N–H and O–H groups in total. The number of rotatable bonds is 3. The first-order chi connectivity index (χ1) is 9.33. The van der Waals surface area contributed by atoms with Crippen LogP contribution < -0.4 is 0 Å². The molecule has 0 aliphatic carbocycles. The van der Waals surface area contributed by atoms with E-state index in [0.717, 1.165) is 11.3 Å². The minimum Gasteiger partial charge on any atom is -0.260 e. The minimum absolute atomic E-state index is 0.224. The summed E-state index contributed by atoms with van der Waals surface area (Å²) in [5.74, 6) is -0.224. The summed E-state index contributed by atoms with van der Waals surface area (Å²) in [6.07, 6.45) is 1.77. The van der Waals surface area contributed by atoms with Gasteiger partial charge in [-0.3, -0.25) is 4.68 Å². The average molecular weight is 252 g/mol. The van der Waals surface area contributed by atoms with Gasteiger partial charge in [0.05, 0.1) is 12.2 Å². The van der Waals surface area contributed by atoms with Gasteiger partial charge in [-0.05, 0) is 41.5 Å². The first kappa shape index (κ1) is 11.7. The van der Waals surface area contributed by atoms with E-state index >= 15 is 0 Å². The Bertz CT molecular complexity index is 657. The molecule has 0 bridgehead atoms. The Balaban J connectivity index is 1.92. The van der Waals surface area contributed by atoms with Crippen LogP contribution in [0.3, 0.4) is 0 Å². The fourth-order valence-electron chi connectivity index (χ4n) is 2.08. The fraction of sp³-hybridized carbons (Fsp3) is 0.0625. The number of nitrogens with zero attached hydrogens (tertiary/aromatic N) is 2. The molecule has 3 rings (SSSR count). The van der Waals surface area contributed by atoms with Crippen LogP contribution in [-0.4, -0.2) is 9.78 Å². The largest absolute Gasteiger partial charge is 0.260 e. The predicted molar refractivity (Wildman–Crippen MR) is 73.2 cm³/mol. The summed E-state index contributed by atoms with van der Waals surface area (Å²) < 4.78 is 14.9. The van der Waals surface area contributed by atoms with Gasteiger partial charge >= 0.3 is 0 Å². The smallest absolute Gasteiger partial charge is 0.123 e. The van der Waals surface area contributed by atoms with E-state index in [4.69, 9.17) is 0 Å². The van der Waals surface area contributed by atoms with Crippen molar-refractivity contribution in [2.24, 2.45) is 0 Å². The van der Waals surface area contributed by atoms with Gasteiger partial charge in [-0.2, -0.15) is 5.10 Å². The maximum absolute atomic E-state index is 13.0. The molecule has 0 aliphatic rings. The lowest BCUT2D eigenvalue weighted by molar-refractivity contribution is 0.627. The van der Waals surface area contributed by atoms with Crippen LogP contribution >= 0.6 is 0 Å². The molecule has 0 amide bonds.